The molecule has 2 aromatic rings. The van der Waals surface area contributed by atoms with E-state index in [0.717, 1.165) is 31.9 Å². The van der Waals surface area contributed by atoms with Crippen LogP contribution in [0.3, 0.4) is 0 Å². The van der Waals surface area contributed by atoms with Crippen LogP contribution >= 0.6 is 11.6 Å². The summed E-state index contributed by atoms with van der Waals surface area (Å²) in [4.78, 5) is 2.26. The number of nitrogens with one attached hydrogen (secondary N) is 1. The van der Waals surface area contributed by atoms with Crippen LogP contribution in [0.25, 0.3) is 0 Å². The van der Waals surface area contributed by atoms with Crippen molar-refractivity contribution in [1.29, 1.82) is 0 Å². The van der Waals surface area contributed by atoms with Crippen LogP contribution in [0.15, 0.2) is 54.6 Å². The molecule has 0 amide bonds. The Labute approximate surface area is 149 Å². The minimum absolute atomic E-state index is 0.281. The van der Waals surface area contributed by atoms with E-state index in [0.29, 0.717) is 10.8 Å². The Hall–Kier alpha value is -1.75. The lowest BCUT2D eigenvalue weighted by Crippen LogP contribution is -2.43. The maximum atomic E-state index is 9.17. The second kappa shape index (κ2) is 10.2. The molecule has 0 radical (unpaired) electrons. The second-order valence-electron chi connectivity index (χ2n) is 5.66. The van der Waals surface area contributed by atoms with E-state index in [1.54, 1.807) is 13.0 Å². The highest BCUT2D eigenvalue weighted by atomic mass is 35.5. The third-order valence-corrected chi connectivity index (χ3v) is 3.84. The molecule has 24 heavy (non-hydrogen) atoms. The van der Waals surface area contributed by atoms with Crippen LogP contribution in [0.2, 0.25) is 5.02 Å². The molecule has 0 saturated carbocycles. The lowest BCUT2D eigenvalue weighted by atomic mass is 10.2. The van der Waals surface area contributed by atoms with Gasteiger partial charge in [0.2, 0.25) is 0 Å². The molecular formula is C19H25ClN2O2. The number of ether oxygens (including phenoxy) is 1. The van der Waals surface area contributed by atoms with Gasteiger partial charge < -0.3 is 20.1 Å². The number of piperazine rings is 1. The number of aliphatic hydroxyl groups is 1. The van der Waals surface area contributed by atoms with Crippen molar-refractivity contribution >= 4 is 17.3 Å². The van der Waals surface area contributed by atoms with E-state index < -0.39 is 6.10 Å². The molecule has 1 atom stereocenters. The van der Waals surface area contributed by atoms with Gasteiger partial charge >= 0.3 is 0 Å². The Balaban J connectivity index is 0.000000292. The first-order chi connectivity index (χ1) is 11.7. The number of nitrogens with zero attached hydrogens (tertiary/aromatic N) is 1. The van der Waals surface area contributed by atoms with Crippen molar-refractivity contribution < 1.29 is 9.84 Å². The van der Waals surface area contributed by atoms with Crippen molar-refractivity contribution in [2.45, 2.75) is 13.0 Å². The van der Waals surface area contributed by atoms with Gasteiger partial charge in [-0.1, -0.05) is 48.0 Å². The highest BCUT2D eigenvalue weighted by Gasteiger charge is 2.14. The smallest absolute Gasteiger partial charge is 0.121 e. The molecule has 1 unspecified atom stereocenters. The Morgan fingerprint density at radius 3 is 2.21 bits per heavy atom. The Bertz CT molecular complexity index is 560. The second-order valence-corrected chi connectivity index (χ2v) is 6.07. The van der Waals surface area contributed by atoms with Gasteiger partial charge in [0.25, 0.3) is 0 Å². The number of anilines is 1. The summed E-state index contributed by atoms with van der Waals surface area (Å²) < 4.78 is 5.43. The average Bonchev–Trinajstić information content (AvgIpc) is 2.63. The number of hydrogen-bond donors (Lipinski definition) is 2. The third-order valence-electron chi connectivity index (χ3n) is 3.53. The van der Waals surface area contributed by atoms with Crippen LogP contribution in [-0.2, 0) is 0 Å². The summed E-state index contributed by atoms with van der Waals surface area (Å²) in [5.41, 5.74) is 1.04. The molecule has 3 rings (SSSR count). The molecule has 0 aromatic heterocycles. The standard InChI is InChI=1S/C13H19ClN2O2.C6H6/c1-10(17)9-18-11-2-3-13(12(14)8-11)16-6-4-15-5-7-16;1-2-4-6-5-3-1/h2-3,8,10,15,17H,4-7,9H2,1H3;1-6H. The first-order valence-corrected chi connectivity index (χ1v) is 8.60. The molecule has 1 aliphatic rings. The number of aliphatic hydroxyl groups excluding tert-OH is 1. The van der Waals surface area contributed by atoms with E-state index in [1.807, 2.05) is 48.5 Å². The molecule has 1 fully saturated rings. The summed E-state index contributed by atoms with van der Waals surface area (Å²) in [5, 5.41) is 13.2. The molecule has 4 nitrogen and oxygen atoms in total. The van der Waals surface area contributed by atoms with Gasteiger partial charge in [0.1, 0.15) is 12.4 Å². The quantitative estimate of drug-likeness (QED) is 0.890. The van der Waals surface area contributed by atoms with Crippen molar-refractivity contribution in [1.82, 2.24) is 5.32 Å². The molecule has 1 aliphatic heterocycles. The van der Waals surface area contributed by atoms with Crippen LogP contribution in [0.1, 0.15) is 6.92 Å². The van der Waals surface area contributed by atoms with Crippen LogP contribution in [0.5, 0.6) is 5.75 Å². The Kier molecular flexibility index (Phi) is 7.89. The average molecular weight is 349 g/mol. The monoisotopic (exact) mass is 348 g/mol. The van der Waals surface area contributed by atoms with Crippen LogP contribution in [-0.4, -0.2) is 44.0 Å². The zero-order valence-electron chi connectivity index (χ0n) is 14.0. The minimum Gasteiger partial charge on any atom is -0.491 e. The summed E-state index contributed by atoms with van der Waals surface area (Å²) >= 11 is 6.27. The van der Waals surface area contributed by atoms with Crippen LogP contribution in [0, 0.1) is 0 Å². The number of halogens is 1. The first kappa shape index (κ1) is 18.6. The van der Waals surface area contributed by atoms with E-state index >= 15 is 0 Å². The van der Waals surface area contributed by atoms with E-state index in [4.69, 9.17) is 21.4 Å². The number of hydrogen-bond acceptors (Lipinski definition) is 4. The van der Waals surface area contributed by atoms with E-state index in [9.17, 15) is 0 Å². The van der Waals surface area contributed by atoms with Crippen LogP contribution in [0.4, 0.5) is 5.69 Å². The number of benzene rings is 2. The molecule has 2 N–H and O–H groups in total. The largest absolute Gasteiger partial charge is 0.491 e. The van der Waals surface area contributed by atoms with Crippen molar-refractivity contribution in [2.75, 3.05) is 37.7 Å². The molecule has 1 heterocycles. The summed E-state index contributed by atoms with van der Waals surface area (Å²) in [5.74, 6) is 0.694. The van der Waals surface area contributed by atoms with Crippen molar-refractivity contribution in [2.24, 2.45) is 0 Å². The van der Waals surface area contributed by atoms with Gasteiger partial charge in [-0.3, -0.25) is 0 Å². The highest BCUT2D eigenvalue weighted by molar-refractivity contribution is 6.33. The molecule has 2 aromatic carbocycles. The van der Waals surface area contributed by atoms with Crippen molar-refractivity contribution in [3.8, 4) is 5.75 Å². The maximum absolute atomic E-state index is 9.17. The van der Waals surface area contributed by atoms with Crippen molar-refractivity contribution in [3.63, 3.8) is 0 Å². The van der Waals surface area contributed by atoms with Gasteiger partial charge in [-0.05, 0) is 19.1 Å². The normalized spacial score (nSPS) is 15.2. The zero-order chi connectivity index (χ0) is 17.2. The fraction of sp³-hybridized carbons (Fsp3) is 0.368. The summed E-state index contributed by atoms with van der Waals surface area (Å²) in [7, 11) is 0. The van der Waals surface area contributed by atoms with Gasteiger partial charge in [-0.25, -0.2) is 0 Å². The Morgan fingerprint density at radius 2 is 1.71 bits per heavy atom. The van der Waals surface area contributed by atoms with E-state index in [-0.39, 0.29) is 6.61 Å². The summed E-state index contributed by atoms with van der Waals surface area (Å²) in [6.45, 7) is 5.87. The molecule has 0 aliphatic carbocycles. The lowest BCUT2D eigenvalue weighted by Gasteiger charge is -2.30. The van der Waals surface area contributed by atoms with E-state index in [2.05, 4.69) is 10.2 Å². The number of rotatable bonds is 4. The first-order valence-electron chi connectivity index (χ1n) is 8.23. The van der Waals surface area contributed by atoms with E-state index in [1.165, 1.54) is 0 Å². The molecule has 0 bridgehead atoms. The van der Waals surface area contributed by atoms with Gasteiger partial charge in [0.15, 0.2) is 0 Å². The van der Waals surface area contributed by atoms with Gasteiger partial charge in [0.05, 0.1) is 16.8 Å². The van der Waals surface area contributed by atoms with Crippen LogP contribution < -0.4 is 15.0 Å². The molecule has 1 saturated heterocycles. The van der Waals surface area contributed by atoms with Gasteiger partial charge in [-0.2, -0.15) is 0 Å². The van der Waals surface area contributed by atoms with Gasteiger partial charge in [0, 0.05) is 32.2 Å². The Morgan fingerprint density at radius 1 is 1.12 bits per heavy atom. The van der Waals surface area contributed by atoms with Crippen molar-refractivity contribution in [3.05, 3.63) is 59.6 Å². The fourth-order valence-electron chi connectivity index (χ4n) is 2.34. The third kappa shape index (κ3) is 6.40. The highest BCUT2D eigenvalue weighted by Crippen LogP contribution is 2.30. The lowest BCUT2D eigenvalue weighted by molar-refractivity contribution is 0.123. The summed E-state index contributed by atoms with van der Waals surface area (Å²) in [6.07, 6.45) is -0.475. The zero-order valence-corrected chi connectivity index (χ0v) is 14.7. The predicted molar refractivity (Wildman–Crippen MR) is 100 cm³/mol. The molecule has 130 valence electrons. The van der Waals surface area contributed by atoms with Gasteiger partial charge in [-0.15, -0.1) is 0 Å². The predicted octanol–water partition coefficient (Wildman–Crippen LogP) is 3.20. The topological polar surface area (TPSA) is 44.7 Å². The minimum atomic E-state index is -0.475. The SMILES string of the molecule is CC(O)COc1ccc(N2CCNCC2)c(Cl)c1.c1ccccc1. The summed E-state index contributed by atoms with van der Waals surface area (Å²) in [6, 6.07) is 17.7. The molecule has 0 spiro atoms. The molecule has 5 heteroatoms. The fourth-order valence-corrected chi connectivity index (χ4v) is 2.63. The maximum Gasteiger partial charge on any atom is 0.121 e. The molecular weight excluding hydrogens is 324 g/mol.